The standard InChI is InChI=1S/C14H22N2O2/c1-4-13(3)9-14(17,6-8-18-13)11-10(2)5-7-16-12(11)15/h5,7,17H,4,6,8-9H2,1-3H3,(H2,15,16). The predicted molar refractivity (Wildman–Crippen MR) is 71.2 cm³/mol. The number of nitrogen functional groups attached to an aromatic ring is 1. The third kappa shape index (κ3) is 2.22. The van der Waals surface area contributed by atoms with Crippen molar-refractivity contribution in [1.82, 2.24) is 4.98 Å². The fraction of sp³-hybridized carbons (Fsp3) is 0.643. The van der Waals surface area contributed by atoms with Gasteiger partial charge in [0.1, 0.15) is 5.82 Å². The monoisotopic (exact) mass is 250 g/mol. The Labute approximate surface area is 108 Å². The average Bonchev–Trinajstić information content (AvgIpc) is 2.28. The Kier molecular flexibility index (Phi) is 3.34. The average molecular weight is 250 g/mol. The number of anilines is 1. The van der Waals surface area contributed by atoms with Crippen molar-refractivity contribution < 1.29 is 9.84 Å². The zero-order valence-electron chi connectivity index (χ0n) is 11.4. The van der Waals surface area contributed by atoms with Crippen molar-refractivity contribution in [3.8, 4) is 0 Å². The summed E-state index contributed by atoms with van der Waals surface area (Å²) in [7, 11) is 0. The van der Waals surface area contributed by atoms with E-state index in [1.54, 1.807) is 6.20 Å². The van der Waals surface area contributed by atoms with E-state index in [1.165, 1.54) is 0 Å². The first kappa shape index (κ1) is 13.3. The highest BCUT2D eigenvalue weighted by Gasteiger charge is 2.44. The minimum Gasteiger partial charge on any atom is -0.385 e. The van der Waals surface area contributed by atoms with Crippen LogP contribution in [0.4, 0.5) is 5.82 Å². The summed E-state index contributed by atoms with van der Waals surface area (Å²) in [5, 5.41) is 11.0. The molecular formula is C14H22N2O2. The summed E-state index contributed by atoms with van der Waals surface area (Å²) in [4.78, 5) is 4.11. The molecule has 1 fully saturated rings. The molecule has 2 atom stereocenters. The highest BCUT2D eigenvalue weighted by molar-refractivity contribution is 5.48. The molecule has 1 aromatic heterocycles. The summed E-state index contributed by atoms with van der Waals surface area (Å²) in [6.45, 7) is 6.63. The molecule has 0 spiro atoms. The van der Waals surface area contributed by atoms with E-state index in [2.05, 4.69) is 11.9 Å². The number of aryl methyl sites for hydroxylation is 1. The fourth-order valence-electron chi connectivity index (χ4n) is 2.85. The van der Waals surface area contributed by atoms with Crippen LogP contribution in [0.15, 0.2) is 12.3 Å². The molecule has 100 valence electrons. The van der Waals surface area contributed by atoms with Crippen molar-refractivity contribution in [2.75, 3.05) is 12.3 Å². The largest absolute Gasteiger partial charge is 0.385 e. The molecule has 1 aromatic rings. The summed E-state index contributed by atoms with van der Waals surface area (Å²) >= 11 is 0. The normalized spacial score (nSPS) is 32.4. The van der Waals surface area contributed by atoms with Crippen LogP contribution in [0.2, 0.25) is 0 Å². The summed E-state index contributed by atoms with van der Waals surface area (Å²) in [5.41, 5.74) is 6.50. The molecule has 1 aliphatic heterocycles. The minimum absolute atomic E-state index is 0.290. The molecular weight excluding hydrogens is 228 g/mol. The maximum Gasteiger partial charge on any atom is 0.129 e. The molecule has 0 radical (unpaired) electrons. The second kappa shape index (κ2) is 4.52. The van der Waals surface area contributed by atoms with Gasteiger partial charge in [-0.05, 0) is 31.9 Å². The molecule has 4 heteroatoms. The second-order valence-corrected chi connectivity index (χ2v) is 5.50. The fourth-order valence-corrected chi connectivity index (χ4v) is 2.85. The zero-order valence-corrected chi connectivity index (χ0v) is 11.4. The number of pyridine rings is 1. The lowest BCUT2D eigenvalue weighted by molar-refractivity contribution is -0.157. The molecule has 1 saturated heterocycles. The minimum atomic E-state index is -0.925. The Morgan fingerprint density at radius 3 is 2.89 bits per heavy atom. The molecule has 0 amide bonds. The van der Waals surface area contributed by atoms with Gasteiger partial charge in [0, 0.05) is 24.6 Å². The lowest BCUT2D eigenvalue weighted by Gasteiger charge is -2.44. The quantitative estimate of drug-likeness (QED) is 0.843. The van der Waals surface area contributed by atoms with Crippen molar-refractivity contribution in [3.63, 3.8) is 0 Å². The van der Waals surface area contributed by atoms with Crippen LogP contribution >= 0.6 is 0 Å². The van der Waals surface area contributed by atoms with Gasteiger partial charge in [-0.2, -0.15) is 0 Å². The van der Waals surface area contributed by atoms with Gasteiger partial charge in [-0.1, -0.05) is 6.92 Å². The third-order valence-electron chi connectivity index (χ3n) is 4.03. The molecule has 2 heterocycles. The number of ether oxygens (including phenoxy) is 1. The Morgan fingerprint density at radius 2 is 2.28 bits per heavy atom. The van der Waals surface area contributed by atoms with Gasteiger partial charge in [0.2, 0.25) is 0 Å². The number of rotatable bonds is 2. The number of hydrogen-bond acceptors (Lipinski definition) is 4. The van der Waals surface area contributed by atoms with Crippen LogP contribution in [0.25, 0.3) is 0 Å². The number of nitrogens with two attached hydrogens (primary N) is 1. The van der Waals surface area contributed by atoms with E-state index in [4.69, 9.17) is 10.5 Å². The molecule has 4 nitrogen and oxygen atoms in total. The summed E-state index contributed by atoms with van der Waals surface area (Å²) in [6, 6.07) is 1.89. The highest BCUT2D eigenvalue weighted by Crippen LogP contribution is 2.43. The van der Waals surface area contributed by atoms with Gasteiger partial charge >= 0.3 is 0 Å². The van der Waals surface area contributed by atoms with Crippen LogP contribution < -0.4 is 5.73 Å². The lowest BCUT2D eigenvalue weighted by atomic mass is 9.76. The van der Waals surface area contributed by atoms with E-state index in [0.29, 0.717) is 25.3 Å². The number of aromatic nitrogens is 1. The van der Waals surface area contributed by atoms with Crippen LogP contribution in [0.5, 0.6) is 0 Å². The second-order valence-electron chi connectivity index (χ2n) is 5.50. The van der Waals surface area contributed by atoms with E-state index in [-0.39, 0.29) is 5.60 Å². The molecule has 18 heavy (non-hydrogen) atoms. The molecule has 0 aromatic carbocycles. The molecule has 3 N–H and O–H groups in total. The molecule has 2 unspecified atom stereocenters. The number of aliphatic hydroxyl groups is 1. The SMILES string of the molecule is CCC1(C)CC(O)(c2c(C)ccnc2N)CCO1. The highest BCUT2D eigenvalue weighted by atomic mass is 16.5. The maximum absolute atomic E-state index is 11.0. The van der Waals surface area contributed by atoms with E-state index in [0.717, 1.165) is 17.5 Å². The maximum atomic E-state index is 11.0. The van der Waals surface area contributed by atoms with Gasteiger partial charge in [0.15, 0.2) is 0 Å². The molecule has 0 aliphatic carbocycles. The van der Waals surface area contributed by atoms with E-state index in [9.17, 15) is 5.11 Å². The van der Waals surface area contributed by atoms with Crippen molar-refractivity contribution in [1.29, 1.82) is 0 Å². The van der Waals surface area contributed by atoms with E-state index >= 15 is 0 Å². The van der Waals surface area contributed by atoms with Crippen molar-refractivity contribution in [3.05, 3.63) is 23.4 Å². The van der Waals surface area contributed by atoms with Crippen molar-refractivity contribution in [2.24, 2.45) is 0 Å². The summed E-state index contributed by atoms with van der Waals surface area (Å²) in [5.74, 6) is 0.429. The zero-order chi connectivity index (χ0) is 13.4. The van der Waals surface area contributed by atoms with Gasteiger partial charge in [-0.3, -0.25) is 0 Å². The molecule has 1 aliphatic rings. The third-order valence-corrected chi connectivity index (χ3v) is 4.03. The number of nitrogens with zero attached hydrogens (tertiary/aromatic N) is 1. The summed E-state index contributed by atoms with van der Waals surface area (Å²) < 4.78 is 5.79. The van der Waals surface area contributed by atoms with Gasteiger partial charge in [-0.25, -0.2) is 4.98 Å². The van der Waals surface area contributed by atoms with Crippen LogP contribution in [-0.2, 0) is 10.3 Å². The van der Waals surface area contributed by atoms with Gasteiger partial charge in [0.05, 0.1) is 17.8 Å². The van der Waals surface area contributed by atoms with Gasteiger partial charge in [0.25, 0.3) is 0 Å². The van der Waals surface area contributed by atoms with Crippen LogP contribution in [0.3, 0.4) is 0 Å². The van der Waals surface area contributed by atoms with Gasteiger partial charge in [-0.15, -0.1) is 0 Å². The summed E-state index contributed by atoms with van der Waals surface area (Å²) in [6.07, 6.45) is 3.68. The van der Waals surface area contributed by atoms with Crippen LogP contribution in [-0.4, -0.2) is 22.3 Å². The Hall–Kier alpha value is -1.13. The molecule has 2 rings (SSSR count). The van der Waals surface area contributed by atoms with E-state index < -0.39 is 5.60 Å². The first-order valence-electron chi connectivity index (χ1n) is 6.48. The first-order valence-corrected chi connectivity index (χ1v) is 6.48. The topological polar surface area (TPSA) is 68.4 Å². The smallest absolute Gasteiger partial charge is 0.129 e. The Morgan fingerprint density at radius 1 is 1.56 bits per heavy atom. The van der Waals surface area contributed by atoms with Crippen molar-refractivity contribution in [2.45, 2.75) is 51.2 Å². The van der Waals surface area contributed by atoms with Crippen molar-refractivity contribution >= 4 is 5.82 Å². The predicted octanol–water partition coefficient (Wildman–Crippen LogP) is 2.14. The van der Waals surface area contributed by atoms with Gasteiger partial charge < -0.3 is 15.6 Å². The Bertz CT molecular complexity index is 429. The Balaban J connectivity index is 2.42. The molecule has 0 bridgehead atoms. The number of hydrogen-bond donors (Lipinski definition) is 2. The first-order chi connectivity index (χ1) is 8.40. The van der Waals surface area contributed by atoms with Crippen LogP contribution in [0, 0.1) is 6.92 Å². The van der Waals surface area contributed by atoms with E-state index in [1.807, 2.05) is 19.9 Å². The lowest BCUT2D eigenvalue weighted by Crippen LogP contribution is -2.46. The van der Waals surface area contributed by atoms with Crippen LogP contribution in [0.1, 0.15) is 44.2 Å². The molecule has 0 saturated carbocycles.